The van der Waals surface area contributed by atoms with E-state index in [0.29, 0.717) is 0 Å². The maximum absolute atomic E-state index is 13.0. The highest BCUT2D eigenvalue weighted by Gasteiger charge is 2.59. The van der Waals surface area contributed by atoms with Gasteiger partial charge in [-0.1, -0.05) is 0 Å². The number of amides is 2. The SMILES string of the molecule is CC(=O)N[C@H]1[C@H](O[C@H]2[C@H](O[C@H]3O[C@H](CO)[C@H](O)[C@H](O)[C@H]3O)[C@@H](NC(C)=O)C(O)O[C@@H]2CO)O[C@H](CO)[C@@H](O[C@@H]2O[C@H](CO[C@H]3O[C@H](CO)[C@@H](O)[C@H](O)[C@@H]3O)[C@@H](O)[C@H](O[C@H]3O[C@H](CO)[C@@H](O)[C@H](O)[C@@H]3O)[C@@H]2O[C@@H]2OC[C@@H](O)[C@H](O)[C@H]2O)[C@@H]1O. The van der Waals surface area contributed by atoms with Crippen LogP contribution in [0.3, 0.4) is 0 Å². The normalized spacial score (nSPS) is 50.4. The fourth-order valence-corrected chi connectivity index (χ4v) is 10.4. The van der Waals surface area contributed by atoms with Crippen LogP contribution in [0.4, 0.5) is 0 Å². The first-order valence-corrected chi connectivity index (χ1v) is 26.0. The third-order valence-electron chi connectivity index (χ3n) is 14.9. The van der Waals surface area contributed by atoms with E-state index in [4.69, 9.17) is 61.6 Å². The van der Waals surface area contributed by atoms with Crippen molar-refractivity contribution in [2.24, 2.45) is 0 Å². The predicted octanol–water partition coefficient (Wildman–Crippen LogP) is -15.3. The fourth-order valence-electron chi connectivity index (χ4n) is 10.4. The number of aliphatic hydroxyl groups excluding tert-OH is 20. The van der Waals surface area contributed by atoms with Crippen molar-refractivity contribution in [3.8, 4) is 0 Å². The number of aliphatic hydroxyl groups is 20. The first-order chi connectivity index (χ1) is 38.8. The molecule has 22 N–H and O–H groups in total. The largest absolute Gasteiger partial charge is 0.394 e. The van der Waals surface area contributed by atoms with Crippen LogP contribution in [0.1, 0.15) is 13.8 Å². The van der Waals surface area contributed by atoms with Crippen LogP contribution in [-0.2, 0) is 71.2 Å². The molecule has 0 aromatic carbocycles. The van der Waals surface area contributed by atoms with Crippen LogP contribution in [0.2, 0.25) is 0 Å². The van der Waals surface area contributed by atoms with E-state index in [-0.39, 0.29) is 0 Å². The summed E-state index contributed by atoms with van der Waals surface area (Å²) in [7, 11) is 0. The van der Waals surface area contributed by atoms with Crippen molar-refractivity contribution in [1.29, 1.82) is 0 Å². The Morgan fingerprint density at radius 1 is 0.366 bits per heavy atom. The second-order valence-corrected chi connectivity index (χ2v) is 20.6. The van der Waals surface area contributed by atoms with Crippen LogP contribution in [0.5, 0.6) is 0 Å². The van der Waals surface area contributed by atoms with Gasteiger partial charge >= 0.3 is 0 Å². The predicted molar refractivity (Wildman–Crippen MR) is 249 cm³/mol. The Morgan fingerprint density at radius 3 is 1.28 bits per heavy atom. The first kappa shape index (κ1) is 67.1. The van der Waals surface area contributed by atoms with Gasteiger partial charge in [-0.15, -0.1) is 0 Å². The summed E-state index contributed by atoms with van der Waals surface area (Å²) in [5, 5.41) is 220. The van der Waals surface area contributed by atoms with Gasteiger partial charge in [0, 0.05) is 13.8 Å². The van der Waals surface area contributed by atoms with E-state index in [1.807, 2.05) is 0 Å². The van der Waals surface area contributed by atoms with Gasteiger partial charge in [0.1, 0.15) is 165 Å². The average molecular weight is 1210 g/mol. The van der Waals surface area contributed by atoms with Crippen molar-refractivity contribution in [1.82, 2.24) is 10.6 Å². The minimum absolute atomic E-state index is 0.720. The van der Waals surface area contributed by atoms with E-state index in [9.17, 15) is 112 Å². The van der Waals surface area contributed by atoms with Crippen LogP contribution in [0.25, 0.3) is 0 Å². The molecule has 0 radical (unpaired) electrons. The number of carbonyl (C=O) groups is 2. The monoisotopic (exact) mass is 1200 g/mol. The van der Waals surface area contributed by atoms with Crippen LogP contribution < -0.4 is 10.6 Å². The maximum atomic E-state index is 13.0. The van der Waals surface area contributed by atoms with Gasteiger partial charge in [0.05, 0.1) is 46.2 Å². The van der Waals surface area contributed by atoms with Crippen LogP contribution in [-0.4, -0.2) is 369 Å². The minimum Gasteiger partial charge on any atom is -0.394 e. The number of rotatable bonds is 20. The zero-order valence-corrected chi connectivity index (χ0v) is 43.6. The summed E-state index contributed by atoms with van der Waals surface area (Å²) in [6, 6.07) is -3.67. The van der Waals surface area contributed by atoms with Crippen molar-refractivity contribution in [2.45, 2.75) is 223 Å². The highest BCUT2D eigenvalue weighted by Crippen LogP contribution is 2.38. The molecule has 7 heterocycles. The number of hydrogen-bond acceptors (Lipinski definition) is 35. The lowest BCUT2D eigenvalue weighted by Crippen LogP contribution is -2.71. The third kappa shape index (κ3) is 14.4. The van der Waals surface area contributed by atoms with E-state index >= 15 is 0 Å². The zero-order chi connectivity index (χ0) is 60.3. The fraction of sp³-hybridized carbons (Fsp3) is 0.956. The molecule has 7 aliphatic heterocycles. The molecule has 0 aliphatic carbocycles. The van der Waals surface area contributed by atoms with Gasteiger partial charge < -0.3 is 174 Å². The standard InChI is InChI=1S/C45H76N2O35/c1-10(53)46-19-26(61)34(16(6-51)76-40(19)79-35-17(7-52)72-39(69)20(47-11(2)54)36(35)80-43-32(67)28(63)23(58)14(4-49)74-43)78-45-38(82-42-30(65)21(56)12(55)8-70-42)37(81-44-33(68)29(64)24(59)15(5-50)75-44)25(60)18(77-45)9-71-41-31(66)27(62)22(57)13(3-48)73-41/h12-45,48-52,55-69H,3-9H2,1-2H3,(H,46,53)(H,47,54)/t12-,13-,14-,15-,16-,17-,18-,19-,20-,21+,22-,23+,24-,25-,26-,27+,28+,29+,30-,31+,32-,33+,34-,35-,36-,37+,38+,39?,40+,41+,42+,43-,44-,45+/m1/s1. The lowest BCUT2D eigenvalue weighted by molar-refractivity contribution is -0.405. The number of carbonyl (C=O) groups excluding carboxylic acids is 2. The van der Waals surface area contributed by atoms with Gasteiger partial charge in [0.2, 0.25) is 11.8 Å². The molecule has 0 aromatic heterocycles. The molecule has 2 amide bonds. The molecule has 7 fully saturated rings. The molecule has 7 aliphatic rings. The first-order valence-electron chi connectivity index (χ1n) is 26.0. The number of hydrogen-bond donors (Lipinski definition) is 22. The summed E-state index contributed by atoms with van der Waals surface area (Å²) in [5.74, 6) is -1.76. The molecule has 34 atom stereocenters. The van der Waals surface area contributed by atoms with Crippen molar-refractivity contribution >= 4 is 11.8 Å². The van der Waals surface area contributed by atoms with E-state index in [0.717, 1.165) is 13.8 Å². The summed E-state index contributed by atoms with van der Waals surface area (Å²) in [6.45, 7) is -4.79. The van der Waals surface area contributed by atoms with Crippen LogP contribution in [0, 0.1) is 0 Å². The van der Waals surface area contributed by atoms with Crippen molar-refractivity contribution in [2.75, 3.05) is 46.2 Å². The molecule has 0 saturated carbocycles. The summed E-state index contributed by atoms with van der Waals surface area (Å²) < 4.78 is 76.2. The Morgan fingerprint density at radius 2 is 0.768 bits per heavy atom. The summed E-state index contributed by atoms with van der Waals surface area (Å²) in [4.78, 5) is 25.5. The van der Waals surface area contributed by atoms with E-state index in [1.165, 1.54) is 0 Å². The van der Waals surface area contributed by atoms with Crippen LogP contribution >= 0.6 is 0 Å². The molecule has 7 saturated heterocycles. The lowest BCUT2D eigenvalue weighted by atomic mass is 9.93. The second-order valence-electron chi connectivity index (χ2n) is 20.6. The molecule has 7 rings (SSSR count). The molecule has 37 heteroatoms. The Bertz CT molecular complexity index is 2010. The highest BCUT2D eigenvalue weighted by atomic mass is 16.8. The molecular formula is C45H76N2O35. The second kappa shape index (κ2) is 29.1. The molecule has 0 spiro atoms. The topological polar surface area (TPSA) is 583 Å². The number of ether oxygens (including phenoxy) is 13. The van der Waals surface area contributed by atoms with E-state index in [1.54, 1.807) is 0 Å². The smallest absolute Gasteiger partial charge is 0.217 e. The lowest BCUT2D eigenvalue weighted by Gasteiger charge is -2.52. The van der Waals surface area contributed by atoms with Crippen molar-refractivity contribution in [3.05, 3.63) is 0 Å². The average Bonchev–Trinajstić information content (AvgIpc) is 3.65. The minimum atomic E-state index is -2.28. The van der Waals surface area contributed by atoms with Crippen molar-refractivity contribution in [3.63, 3.8) is 0 Å². The Kier molecular flexibility index (Phi) is 23.8. The maximum Gasteiger partial charge on any atom is 0.217 e. The zero-order valence-electron chi connectivity index (χ0n) is 43.6. The van der Waals surface area contributed by atoms with Gasteiger partial charge in [-0.3, -0.25) is 9.59 Å². The molecule has 1 unspecified atom stereocenters. The Balaban J connectivity index is 1.25. The van der Waals surface area contributed by atoms with Crippen LogP contribution in [0.15, 0.2) is 0 Å². The summed E-state index contributed by atoms with van der Waals surface area (Å²) in [5.41, 5.74) is 0. The molecule has 0 bridgehead atoms. The third-order valence-corrected chi connectivity index (χ3v) is 14.9. The van der Waals surface area contributed by atoms with E-state index in [2.05, 4.69) is 10.6 Å². The Labute approximate surface area is 464 Å². The Hall–Kier alpha value is -2.38. The van der Waals surface area contributed by atoms with Crippen molar-refractivity contribution < 1.29 is 173 Å². The number of nitrogens with one attached hydrogen (secondary N) is 2. The van der Waals surface area contributed by atoms with Gasteiger partial charge in [-0.25, -0.2) is 0 Å². The molecule has 0 aromatic rings. The molecule has 476 valence electrons. The van der Waals surface area contributed by atoms with E-state index < -0.39 is 267 Å². The molecule has 37 nitrogen and oxygen atoms in total. The summed E-state index contributed by atoms with van der Waals surface area (Å²) >= 11 is 0. The van der Waals surface area contributed by atoms with Gasteiger partial charge in [0.15, 0.2) is 44.0 Å². The highest BCUT2D eigenvalue weighted by molar-refractivity contribution is 5.73. The van der Waals surface area contributed by atoms with Gasteiger partial charge in [-0.2, -0.15) is 0 Å². The molecule has 82 heavy (non-hydrogen) atoms. The summed E-state index contributed by atoms with van der Waals surface area (Å²) in [6.07, 6.45) is -63.5. The molecular weight excluding hydrogens is 1130 g/mol. The van der Waals surface area contributed by atoms with Gasteiger partial charge in [0.25, 0.3) is 0 Å². The quantitative estimate of drug-likeness (QED) is 0.0538. The van der Waals surface area contributed by atoms with Gasteiger partial charge in [-0.05, 0) is 0 Å².